The third-order valence-electron chi connectivity index (χ3n) is 5.61. The van der Waals surface area contributed by atoms with Crippen LogP contribution in [0.3, 0.4) is 0 Å². The molecule has 230 valence electrons. The van der Waals surface area contributed by atoms with Crippen molar-refractivity contribution in [3.8, 4) is 0 Å². The molecule has 41 heavy (non-hydrogen) atoms. The molecule has 2 rings (SSSR count). The number of hydrogen-bond acceptors (Lipinski definition) is 7. The van der Waals surface area contributed by atoms with E-state index in [0.29, 0.717) is 25.1 Å². The van der Waals surface area contributed by atoms with Gasteiger partial charge in [0, 0.05) is 18.1 Å². The number of carboxylic acids is 2. The Bertz CT molecular complexity index is 1150. The van der Waals surface area contributed by atoms with E-state index in [1.807, 2.05) is 24.3 Å². The number of carbonyl (C=O) groups excluding carboxylic acids is 2. The minimum Gasteiger partial charge on any atom is -0.480 e. The molecule has 1 heterocycles. The van der Waals surface area contributed by atoms with Crippen molar-refractivity contribution in [1.82, 2.24) is 9.88 Å². The molecule has 0 aliphatic heterocycles. The number of para-hydroxylation sites is 1. The van der Waals surface area contributed by atoms with E-state index in [9.17, 15) is 32.7 Å². The Morgan fingerprint density at radius 3 is 2.07 bits per heavy atom. The van der Waals surface area contributed by atoms with Gasteiger partial charge in [0.25, 0.3) is 0 Å². The minimum absolute atomic E-state index is 0.0282. The molecule has 14 heteroatoms. The Morgan fingerprint density at radius 1 is 1.05 bits per heavy atom. The standard InChI is InChI=1S/C15H31N3O3.C10H8N2O.C2HF3O2/c1-11(14(20)21)18(10-8-15(2,3)4)13(19)12(17)7-5-6-9-16;11-10(13)8-5-7-3-1-2-4-9(7)12-6-8;3-2(4,5)1(6)7/h11-12H,5-10,16-17H2,1-4H3,(H,20,21);1-6H,(H2,11,13);(H,6,7)/t11-,12-;;/m0../s1. The second-order valence-corrected chi connectivity index (χ2v) is 10.3. The summed E-state index contributed by atoms with van der Waals surface area (Å²) in [6, 6.07) is 7.81. The van der Waals surface area contributed by atoms with Gasteiger partial charge in [-0.05, 0) is 50.3 Å². The van der Waals surface area contributed by atoms with Crippen LogP contribution in [0.15, 0.2) is 36.5 Å². The van der Waals surface area contributed by atoms with E-state index in [1.54, 1.807) is 6.07 Å². The summed E-state index contributed by atoms with van der Waals surface area (Å²) in [6.45, 7) is 8.67. The number of benzene rings is 1. The second-order valence-electron chi connectivity index (χ2n) is 10.3. The zero-order valence-corrected chi connectivity index (χ0v) is 23.6. The first kappa shape index (κ1) is 37.2. The number of amides is 2. The molecule has 2 atom stereocenters. The highest BCUT2D eigenvalue weighted by atomic mass is 19.4. The summed E-state index contributed by atoms with van der Waals surface area (Å²) in [4.78, 5) is 48.8. The molecule has 8 N–H and O–H groups in total. The highest BCUT2D eigenvalue weighted by Gasteiger charge is 2.38. The molecular weight excluding hydrogens is 547 g/mol. The molecule has 0 saturated heterocycles. The Hall–Kier alpha value is -3.78. The van der Waals surface area contributed by atoms with Gasteiger partial charge in [-0.25, -0.2) is 9.59 Å². The van der Waals surface area contributed by atoms with E-state index in [0.717, 1.165) is 30.2 Å². The number of nitrogens with zero attached hydrogens (tertiary/aromatic N) is 2. The molecular formula is C27H40F3N5O6. The molecule has 0 saturated carbocycles. The number of carbonyl (C=O) groups is 4. The zero-order chi connectivity index (χ0) is 32.0. The van der Waals surface area contributed by atoms with Gasteiger partial charge in [0.15, 0.2) is 0 Å². The molecule has 2 aromatic rings. The van der Waals surface area contributed by atoms with E-state index in [1.165, 1.54) is 18.0 Å². The first-order valence-electron chi connectivity index (χ1n) is 12.8. The summed E-state index contributed by atoms with van der Waals surface area (Å²) in [6.07, 6.45) is -0.736. The fraction of sp³-hybridized carbons (Fsp3) is 0.519. The van der Waals surface area contributed by atoms with Crippen LogP contribution in [0.25, 0.3) is 10.9 Å². The number of carboxylic acid groups (broad SMARTS) is 2. The van der Waals surface area contributed by atoms with Crippen LogP contribution < -0.4 is 17.2 Å². The van der Waals surface area contributed by atoms with E-state index < -0.39 is 36.1 Å². The summed E-state index contributed by atoms with van der Waals surface area (Å²) in [7, 11) is 0. The number of aliphatic carboxylic acids is 2. The van der Waals surface area contributed by atoms with Crippen molar-refractivity contribution in [2.24, 2.45) is 22.6 Å². The van der Waals surface area contributed by atoms with Crippen LogP contribution in [0.1, 0.15) is 63.7 Å². The van der Waals surface area contributed by atoms with Crippen LogP contribution in [0.5, 0.6) is 0 Å². The lowest BCUT2D eigenvalue weighted by Crippen LogP contribution is -2.51. The van der Waals surface area contributed by atoms with E-state index in [4.69, 9.17) is 27.1 Å². The lowest BCUT2D eigenvalue weighted by molar-refractivity contribution is -0.192. The van der Waals surface area contributed by atoms with Gasteiger partial charge in [0.2, 0.25) is 11.8 Å². The third-order valence-corrected chi connectivity index (χ3v) is 5.61. The molecule has 0 bridgehead atoms. The summed E-state index contributed by atoms with van der Waals surface area (Å²) >= 11 is 0. The maximum Gasteiger partial charge on any atom is 0.490 e. The van der Waals surface area contributed by atoms with E-state index >= 15 is 0 Å². The van der Waals surface area contributed by atoms with Crippen molar-refractivity contribution in [3.05, 3.63) is 42.1 Å². The number of aromatic nitrogens is 1. The molecule has 11 nitrogen and oxygen atoms in total. The van der Waals surface area contributed by atoms with E-state index in [2.05, 4.69) is 25.8 Å². The number of hydrogen-bond donors (Lipinski definition) is 5. The Labute approximate surface area is 236 Å². The summed E-state index contributed by atoms with van der Waals surface area (Å²) in [5, 5.41) is 17.2. The van der Waals surface area contributed by atoms with Crippen LogP contribution in [0, 0.1) is 5.41 Å². The van der Waals surface area contributed by atoms with Gasteiger partial charge in [0.1, 0.15) is 6.04 Å². The molecule has 0 unspecified atom stereocenters. The van der Waals surface area contributed by atoms with Crippen molar-refractivity contribution in [1.29, 1.82) is 0 Å². The second kappa shape index (κ2) is 17.1. The number of pyridine rings is 1. The van der Waals surface area contributed by atoms with Gasteiger partial charge in [-0.3, -0.25) is 14.6 Å². The van der Waals surface area contributed by atoms with Gasteiger partial charge < -0.3 is 32.3 Å². The minimum atomic E-state index is -5.08. The SMILES string of the molecule is C[C@@H](C(=O)O)N(CCC(C)(C)C)C(=O)[C@@H](N)CCCCN.NC(=O)c1cnc2ccccc2c1.O=C(O)C(F)(F)F. The van der Waals surface area contributed by atoms with Crippen LogP contribution in [-0.4, -0.2) is 75.2 Å². The number of fused-ring (bicyclic) bond motifs is 1. The van der Waals surface area contributed by atoms with Gasteiger partial charge in [0.05, 0.1) is 17.1 Å². The van der Waals surface area contributed by atoms with Crippen LogP contribution in [-0.2, 0) is 14.4 Å². The van der Waals surface area contributed by atoms with Crippen molar-refractivity contribution in [2.45, 2.75) is 71.6 Å². The average molecular weight is 588 g/mol. The number of rotatable bonds is 10. The summed E-state index contributed by atoms with van der Waals surface area (Å²) in [5.41, 5.74) is 17.8. The average Bonchev–Trinajstić information content (AvgIpc) is 2.87. The molecule has 0 aliphatic rings. The van der Waals surface area contributed by atoms with Crippen molar-refractivity contribution in [3.63, 3.8) is 0 Å². The first-order chi connectivity index (χ1) is 18.8. The van der Waals surface area contributed by atoms with Crippen molar-refractivity contribution < 1.29 is 42.6 Å². The topological polar surface area (TPSA) is 203 Å². The Morgan fingerprint density at radius 2 is 1.61 bits per heavy atom. The van der Waals surface area contributed by atoms with Crippen LogP contribution in [0.4, 0.5) is 13.2 Å². The molecule has 0 fully saturated rings. The monoisotopic (exact) mass is 587 g/mol. The first-order valence-corrected chi connectivity index (χ1v) is 12.8. The molecule has 0 aliphatic carbocycles. The maximum atomic E-state index is 12.4. The van der Waals surface area contributed by atoms with Gasteiger partial charge in [-0.1, -0.05) is 45.4 Å². The van der Waals surface area contributed by atoms with E-state index in [-0.39, 0.29) is 11.3 Å². The van der Waals surface area contributed by atoms with Crippen molar-refractivity contribution in [2.75, 3.05) is 13.1 Å². The normalized spacial score (nSPS) is 12.6. The summed E-state index contributed by atoms with van der Waals surface area (Å²) < 4.78 is 31.7. The van der Waals surface area contributed by atoms with Gasteiger partial charge in [-0.2, -0.15) is 13.2 Å². The van der Waals surface area contributed by atoms with Crippen molar-refractivity contribution >= 4 is 34.7 Å². The number of alkyl halides is 3. The fourth-order valence-electron chi connectivity index (χ4n) is 3.13. The van der Waals surface area contributed by atoms with Gasteiger partial charge >= 0.3 is 18.1 Å². The fourth-order valence-corrected chi connectivity index (χ4v) is 3.13. The van der Waals surface area contributed by atoms with Crippen LogP contribution >= 0.6 is 0 Å². The largest absolute Gasteiger partial charge is 0.490 e. The highest BCUT2D eigenvalue weighted by Crippen LogP contribution is 2.20. The lowest BCUT2D eigenvalue weighted by atomic mass is 9.91. The predicted molar refractivity (Wildman–Crippen MR) is 148 cm³/mol. The number of halogens is 3. The number of unbranched alkanes of at least 4 members (excludes halogenated alkanes) is 1. The lowest BCUT2D eigenvalue weighted by Gasteiger charge is -2.31. The summed E-state index contributed by atoms with van der Waals surface area (Å²) in [5.74, 6) is -4.50. The Kier molecular flexibility index (Phi) is 15.5. The van der Waals surface area contributed by atoms with Gasteiger partial charge in [-0.15, -0.1) is 0 Å². The number of primary amides is 1. The molecule has 0 radical (unpaired) electrons. The molecule has 2 amide bonds. The molecule has 0 spiro atoms. The zero-order valence-electron chi connectivity index (χ0n) is 23.6. The number of nitrogens with two attached hydrogens (primary N) is 3. The Balaban J connectivity index is 0.000000671. The quantitative estimate of drug-likeness (QED) is 0.259. The van der Waals surface area contributed by atoms with Crippen LogP contribution in [0.2, 0.25) is 0 Å². The third kappa shape index (κ3) is 15.0. The molecule has 1 aromatic carbocycles. The highest BCUT2D eigenvalue weighted by molar-refractivity contribution is 5.96. The maximum absolute atomic E-state index is 12.4. The smallest absolute Gasteiger partial charge is 0.480 e. The molecule has 1 aromatic heterocycles. The predicted octanol–water partition coefficient (Wildman–Crippen LogP) is 3.15.